The zero-order chi connectivity index (χ0) is 11.1. The molecule has 1 heteroatoms. The number of terminal acetylenes is 1. The van der Waals surface area contributed by atoms with E-state index in [2.05, 4.69) is 49.4 Å². The molecule has 0 bridgehead atoms. The molecule has 0 heterocycles. The summed E-state index contributed by atoms with van der Waals surface area (Å²) < 4.78 is 0. The molecule has 2 unspecified atom stereocenters. The van der Waals surface area contributed by atoms with E-state index in [1.54, 1.807) is 0 Å². The van der Waals surface area contributed by atoms with Gasteiger partial charge in [-0.3, -0.25) is 5.32 Å². The Morgan fingerprint density at radius 1 is 1.20 bits per heavy atom. The van der Waals surface area contributed by atoms with Crippen molar-refractivity contribution in [2.75, 3.05) is 0 Å². The van der Waals surface area contributed by atoms with E-state index in [4.69, 9.17) is 6.42 Å². The molecule has 0 aliphatic rings. The van der Waals surface area contributed by atoms with Crippen molar-refractivity contribution >= 4 is 0 Å². The molecular weight excluding hydrogens is 182 g/mol. The Hall–Kier alpha value is -1.26. The lowest BCUT2D eigenvalue weighted by molar-refractivity contribution is 0.472. The van der Waals surface area contributed by atoms with Crippen LogP contribution in [0, 0.1) is 12.3 Å². The van der Waals surface area contributed by atoms with E-state index in [-0.39, 0.29) is 6.04 Å². The van der Waals surface area contributed by atoms with Crippen molar-refractivity contribution in [2.24, 2.45) is 0 Å². The van der Waals surface area contributed by atoms with Gasteiger partial charge in [-0.2, -0.15) is 0 Å². The third-order valence-corrected chi connectivity index (χ3v) is 2.62. The Morgan fingerprint density at radius 2 is 1.87 bits per heavy atom. The molecule has 1 nitrogen and oxygen atoms in total. The van der Waals surface area contributed by atoms with Crippen molar-refractivity contribution in [1.29, 1.82) is 0 Å². The fourth-order valence-electron chi connectivity index (χ4n) is 1.66. The van der Waals surface area contributed by atoms with Crippen LogP contribution >= 0.6 is 0 Å². The predicted octanol–water partition coefficient (Wildman–Crippen LogP) is 3.14. The van der Waals surface area contributed by atoms with Gasteiger partial charge in [-0.05, 0) is 18.4 Å². The summed E-state index contributed by atoms with van der Waals surface area (Å²) in [5.41, 5.74) is 1.31. The molecule has 0 saturated carbocycles. The molecule has 0 amide bonds. The number of hydrogen-bond donors (Lipinski definition) is 1. The lowest BCUT2D eigenvalue weighted by Crippen LogP contribution is -2.30. The number of nitrogens with one attached hydrogen (secondary N) is 1. The largest absolute Gasteiger partial charge is 0.297 e. The van der Waals surface area contributed by atoms with Crippen LogP contribution in [-0.2, 0) is 0 Å². The van der Waals surface area contributed by atoms with Gasteiger partial charge in [0.05, 0.1) is 6.04 Å². The van der Waals surface area contributed by atoms with Gasteiger partial charge in [0.1, 0.15) is 0 Å². The fourth-order valence-corrected chi connectivity index (χ4v) is 1.66. The summed E-state index contributed by atoms with van der Waals surface area (Å²) in [4.78, 5) is 0. The molecule has 0 fully saturated rings. The van der Waals surface area contributed by atoms with E-state index in [0.29, 0.717) is 6.04 Å². The van der Waals surface area contributed by atoms with E-state index in [1.807, 2.05) is 6.07 Å². The summed E-state index contributed by atoms with van der Waals surface area (Å²) in [6.07, 6.45) is 7.48. The number of hydrogen-bond acceptors (Lipinski definition) is 1. The van der Waals surface area contributed by atoms with Gasteiger partial charge in [0, 0.05) is 6.04 Å². The average Bonchev–Trinajstić information content (AvgIpc) is 2.32. The zero-order valence-corrected chi connectivity index (χ0v) is 9.53. The van der Waals surface area contributed by atoms with Gasteiger partial charge in [0.2, 0.25) is 0 Å². The first kappa shape index (κ1) is 11.8. The smallest absolute Gasteiger partial charge is 0.0689 e. The zero-order valence-electron chi connectivity index (χ0n) is 9.53. The van der Waals surface area contributed by atoms with Crippen LogP contribution in [0.1, 0.15) is 38.3 Å². The highest BCUT2D eigenvalue weighted by atomic mass is 14.9. The van der Waals surface area contributed by atoms with Crippen molar-refractivity contribution in [1.82, 2.24) is 5.32 Å². The maximum Gasteiger partial charge on any atom is 0.0689 e. The second kappa shape index (κ2) is 6.27. The van der Waals surface area contributed by atoms with Gasteiger partial charge in [0.15, 0.2) is 0 Å². The molecular formula is C14H19N. The van der Waals surface area contributed by atoms with Crippen molar-refractivity contribution in [3.63, 3.8) is 0 Å². The molecule has 1 aromatic carbocycles. The fraction of sp³-hybridized carbons (Fsp3) is 0.429. The monoisotopic (exact) mass is 201 g/mol. The number of benzene rings is 1. The average molecular weight is 201 g/mol. The summed E-state index contributed by atoms with van der Waals surface area (Å²) in [5, 5.41) is 3.48. The normalized spacial score (nSPS) is 14.2. The summed E-state index contributed by atoms with van der Waals surface area (Å²) in [7, 11) is 0. The molecule has 0 radical (unpaired) electrons. The molecule has 1 aromatic rings. The number of rotatable bonds is 5. The van der Waals surface area contributed by atoms with Crippen molar-refractivity contribution in [3.05, 3.63) is 35.9 Å². The van der Waals surface area contributed by atoms with Crippen LogP contribution in [0.4, 0.5) is 0 Å². The molecule has 0 saturated heterocycles. The molecule has 0 aromatic heterocycles. The summed E-state index contributed by atoms with van der Waals surface area (Å²) in [6.45, 7) is 4.28. The highest BCUT2D eigenvalue weighted by molar-refractivity contribution is 5.19. The second-order valence-corrected chi connectivity index (χ2v) is 3.67. The third-order valence-electron chi connectivity index (χ3n) is 2.62. The van der Waals surface area contributed by atoms with Gasteiger partial charge in [-0.15, -0.1) is 6.42 Å². The SMILES string of the molecule is C#CC(CC)NC(CC)c1ccccc1. The summed E-state index contributed by atoms with van der Waals surface area (Å²) >= 11 is 0. The standard InChI is InChI=1S/C14H19N/c1-4-13(5-2)15-14(6-3)12-10-8-7-9-11-12/h1,7-11,13-15H,5-6H2,2-3H3. The third kappa shape index (κ3) is 3.42. The second-order valence-electron chi connectivity index (χ2n) is 3.67. The minimum absolute atomic E-state index is 0.176. The Labute approximate surface area is 92.9 Å². The first-order valence-electron chi connectivity index (χ1n) is 5.58. The first-order chi connectivity index (χ1) is 7.31. The maximum atomic E-state index is 5.45. The minimum atomic E-state index is 0.176. The van der Waals surface area contributed by atoms with Crippen LogP contribution in [0.5, 0.6) is 0 Å². The van der Waals surface area contributed by atoms with E-state index < -0.39 is 0 Å². The van der Waals surface area contributed by atoms with E-state index in [1.165, 1.54) is 5.56 Å². The van der Waals surface area contributed by atoms with Crippen LogP contribution in [0.15, 0.2) is 30.3 Å². The first-order valence-corrected chi connectivity index (χ1v) is 5.58. The molecule has 1 rings (SSSR count). The summed E-state index contributed by atoms with van der Waals surface area (Å²) in [5.74, 6) is 2.78. The topological polar surface area (TPSA) is 12.0 Å². The van der Waals surface area contributed by atoms with Gasteiger partial charge in [-0.25, -0.2) is 0 Å². The van der Waals surface area contributed by atoms with Crippen molar-refractivity contribution < 1.29 is 0 Å². The molecule has 0 aliphatic heterocycles. The Morgan fingerprint density at radius 3 is 2.33 bits per heavy atom. The van der Waals surface area contributed by atoms with Gasteiger partial charge >= 0.3 is 0 Å². The van der Waals surface area contributed by atoms with Crippen molar-refractivity contribution in [3.8, 4) is 12.3 Å². The molecule has 0 spiro atoms. The van der Waals surface area contributed by atoms with Crippen LogP contribution in [-0.4, -0.2) is 6.04 Å². The maximum absolute atomic E-state index is 5.45. The lowest BCUT2D eigenvalue weighted by atomic mass is 10.0. The summed E-state index contributed by atoms with van der Waals surface area (Å²) in [6, 6.07) is 11.0. The lowest BCUT2D eigenvalue weighted by Gasteiger charge is -2.21. The predicted molar refractivity (Wildman–Crippen MR) is 65.5 cm³/mol. The highest BCUT2D eigenvalue weighted by Gasteiger charge is 2.11. The van der Waals surface area contributed by atoms with Gasteiger partial charge in [-0.1, -0.05) is 50.1 Å². The molecule has 0 aliphatic carbocycles. The Kier molecular flexibility index (Phi) is 4.93. The molecule has 1 N–H and O–H groups in total. The van der Waals surface area contributed by atoms with E-state index in [9.17, 15) is 0 Å². The molecule has 2 atom stereocenters. The molecule has 80 valence electrons. The minimum Gasteiger partial charge on any atom is -0.297 e. The van der Waals surface area contributed by atoms with Crippen LogP contribution in [0.3, 0.4) is 0 Å². The Balaban J connectivity index is 2.69. The van der Waals surface area contributed by atoms with Crippen LogP contribution in [0.25, 0.3) is 0 Å². The van der Waals surface area contributed by atoms with Crippen molar-refractivity contribution in [2.45, 2.75) is 38.8 Å². The van der Waals surface area contributed by atoms with Crippen LogP contribution in [0.2, 0.25) is 0 Å². The highest BCUT2D eigenvalue weighted by Crippen LogP contribution is 2.16. The Bertz CT molecular complexity index is 310. The van der Waals surface area contributed by atoms with E-state index in [0.717, 1.165) is 12.8 Å². The quantitative estimate of drug-likeness (QED) is 0.722. The van der Waals surface area contributed by atoms with E-state index >= 15 is 0 Å². The van der Waals surface area contributed by atoms with Crippen LogP contribution < -0.4 is 5.32 Å². The van der Waals surface area contributed by atoms with Gasteiger partial charge < -0.3 is 0 Å². The van der Waals surface area contributed by atoms with Gasteiger partial charge in [0.25, 0.3) is 0 Å². The molecule has 15 heavy (non-hydrogen) atoms.